The second-order valence-electron chi connectivity index (χ2n) is 4.52. The number of anilines is 1. The van der Waals surface area contributed by atoms with Crippen LogP contribution in [0.3, 0.4) is 0 Å². The van der Waals surface area contributed by atoms with Crippen LogP contribution in [0.5, 0.6) is 0 Å². The zero-order valence-electron chi connectivity index (χ0n) is 10.8. The largest absolute Gasteiger partial charge is 0.465 e. The number of ether oxygens (including phenoxy) is 1. The molecule has 1 atom stereocenters. The molecule has 2 N–H and O–H groups in total. The van der Waals surface area contributed by atoms with E-state index in [4.69, 9.17) is 10.5 Å². The summed E-state index contributed by atoms with van der Waals surface area (Å²) in [5.41, 5.74) is 6.97. The molecule has 0 radical (unpaired) electrons. The Labute approximate surface area is 107 Å². The minimum absolute atomic E-state index is 0.344. The molecule has 98 valence electrons. The van der Waals surface area contributed by atoms with Crippen LogP contribution in [0.4, 0.5) is 5.82 Å². The molecular weight excluding hydrogens is 230 g/mol. The molecule has 1 aliphatic heterocycles. The van der Waals surface area contributed by atoms with Crippen LogP contribution in [0, 0.1) is 6.92 Å². The van der Waals surface area contributed by atoms with E-state index < -0.39 is 0 Å². The van der Waals surface area contributed by atoms with Crippen molar-refractivity contribution >= 4 is 11.8 Å². The first kappa shape index (κ1) is 12.8. The zero-order valence-corrected chi connectivity index (χ0v) is 10.8. The van der Waals surface area contributed by atoms with Crippen molar-refractivity contribution in [3.63, 3.8) is 0 Å². The summed E-state index contributed by atoms with van der Waals surface area (Å²) in [6, 6.07) is 4.00. The van der Waals surface area contributed by atoms with E-state index in [2.05, 4.69) is 9.88 Å². The number of nitrogens with two attached hydrogens (primary N) is 1. The molecule has 18 heavy (non-hydrogen) atoms. The average molecular weight is 249 g/mol. The van der Waals surface area contributed by atoms with Gasteiger partial charge in [-0.15, -0.1) is 0 Å². The van der Waals surface area contributed by atoms with Gasteiger partial charge in [-0.05, 0) is 31.9 Å². The number of esters is 1. The molecular formula is C13H19N3O2. The molecule has 5 nitrogen and oxygen atoms in total. The van der Waals surface area contributed by atoms with E-state index in [0.717, 1.165) is 25.2 Å². The van der Waals surface area contributed by atoms with Crippen LogP contribution in [-0.4, -0.2) is 37.2 Å². The number of aromatic nitrogens is 1. The lowest BCUT2D eigenvalue weighted by atomic mass is 10.2. The number of pyridine rings is 1. The van der Waals surface area contributed by atoms with Gasteiger partial charge in [-0.1, -0.05) is 0 Å². The van der Waals surface area contributed by atoms with Crippen molar-refractivity contribution in [2.75, 3.05) is 25.1 Å². The predicted octanol–water partition coefficient (Wildman–Crippen LogP) is 1.10. The number of carbonyl (C=O) groups excluding carboxylic acids is 1. The monoisotopic (exact) mass is 249 g/mol. The Morgan fingerprint density at radius 2 is 2.39 bits per heavy atom. The maximum Gasteiger partial charge on any atom is 0.339 e. The van der Waals surface area contributed by atoms with E-state index in [1.807, 2.05) is 13.0 Å². The van der Waals surface area contributed by atoms with Gasteiger partial charge in [0.05, 0.1) is 18.4 Å². The zero-order chi connectivity index (χ0) is 13.1. The van der Waals surface area contributed by atoms with Crippen LogP contribution in [0.1, 0.15) is 28.9 Å². The highest BCUT2D eigenvalue weighted by atomic mass is 16.5. The fourth-order valence-corrected chi connectivity index (χ4v) is 2.42. The first-order valence-corrected chi connectivity index (χ1v) is 6.20. The standard InChI is InChI=1S/C13H19N3O2/c1-9-11(13(17)18-2)5-6-12(15-9)16-7-3-4-10(16)8-14/h5-6,10H,3-4,7-8,14H2,1-2H3. The third kappa shape index (κ3) is 2.31. The van der Waals surface area contributed by atoms with Crippen LogP contribution in [0.15, 0.2) is 12.1 Å². The topological polar surface area (TPSA) is 68.5 Å². The van der Waals surface area contributed by atoms with Gasteiger partial charge in [-0.25, -0.2) is 9.78 Å². The van der Waals surface area contributed by atoms with Gasteiger partial charge in [-0.3, -0.25) is 0 Å². The van der Waals surface area contributed by atoms with Crippen LogP contribution in [-0.2, 0) is 4.74 Å². The third-order valence-corrected chi connectivity index (χ3v) is 3.42. The van der Waals surface area contributed by atoms with E-state index in [1.165, 1.54) is 7.11 Å². The van der Waals surface area contributed by atoms with Crippen molar-refractivity contribution in [1.82, 2.24) is 4.98 Å². The summed E-state index contributed by atoms with van der Waals surface area (Å²) >= 11 is 0. The molecule has 0 aliphatic carbocycles. The van der Waals surface area contributed by atoms with E-state index in [1.54, 1.807) is 6.07 Å². The Morgan fingerprint density at radius 1 is 1.61 bits per heavy atom. The van der Waals surface area contributed by atoms with Gasteiger partial charge in [-0.2, -0.15) is 0 Å². The summed E-state index contributed by atoms with van der Waals surface area (Å²) < 4.78 is 4.71. The first-order chi connectivity index (χ1) is 8.67. The second kappa shape index (κ2) is 5.35. The van der Waals surface area contributed by atoms with E-state index in [0.29, 0.717) is 23.8 Å². The quantitative estimate of drug-likeness (QED) is 0.812. The van der Waals surface area contributed by atoms with Gasteiger partial charge in [0.25, 0.3) is 0 Å². The normalized spacial score (nSPS) is 19.1. The minimum atomic E-state index is -0.344. The molecule has 0 amide bonds. The van der Waals surface area contributed by atoms with Gasteiger partial charge in [0.1, 0.15) is 5.82 Å². The molecule has 1 fully saturated rings. The Balaban J connectivity index is 2.26. The number of aryl methyl sites for hydroxylation is 1. The van der Waals surface area contributed by atoms with Gasteiger partial charge in [0, 0.05) is 19.1 Å². The molecule has 5 heteroatoms. The number of methoxy groups -OCH3 is 1. The van der Waals surface area contributed by atoms with Crippen LogP contribution in [0.25, 0.3) is 0 Å². The van der Waals surface area contributed by atoms with Crippen molar-refractivity contribution in [2.45, 2.75) is 25.8 Å². The Morgan fingerprint density at radius 3 is 3.00 bits per heavy atom. The van der Waals surface area contributed by atoms with Crippen molar-refractivity contribution < 1.29 is 9.53 Å². The number of hydrogen-bond donors (Lipinski definition) is 1. The number of hydrogen-bond acceptors (Lipinski definition) is 5. The Hall–Kier alpha value is -1.62. The summed E-state index contributed by atoms with van der Waals surface area (Å²) in [6.45, 7) is 3.44. The van der Waals surface area contributed by atoms with Crippen molar-refractivity contribution in [3.8, 4) is 0 Å². The van der Waals surface area contributed by atoms with Gasteiger partial charge >= 0.3 is 5.97 Å². The van der Waals surface area contributed by atoms with Crippen LogP contribution >= 0.6 is 0 Å². The molecule has 0 saturated carbocycles. The summed E-state index contributed by atoms with van der Waals surface area (Å²) in [4.78, 5) is 18.2. The lowest BCUT2D eigenvalue weighted by Crippen LogP contribution is -2.36. The molecule has 1 saturated heterocycles. The summed E-state index contributed by atoms with van der Waals surface area (Å²) in [6.07, 6.45) is 2.25. The number of carbonyl (C=O) groups is 1. The lowest BCUT2D eigenvalue weighted by Gasteiger charge is -2.25. The maximum absolute atomic E-state index is 11.5. The maximum atomic E-state index is 11.5. The second-order valence-corrected chi connectivity index (χ2v) is 4.52. The SMILES string of the molecule is COC(=O)c1ccc(N2CCCC2CN)nc1C. The molecule has 0 bridgehead atoms. The van der Waals surface area contributed by atoms with E-state index in [9.17, 15) is 4.79 Å². The lowest BCUT2D eigenvalue weighted by molar-refractivity contribution is 0.0599. The fourth-order valence-electron chi connectivity index (χ4n) is 2.42. The predicted molar refractivity (Wildman–Crippen MR) is 69.7 cm³/mol. The Bertz CT molecular complexity index is 448. The van der Waals surface area contributed by atoms with Crippen molar-refractivity contribution in [2.24, 2.45) is 5.73 Å². The van der Waals surface area contributed by atoms with Gasteiger partial charge in [0.15, 0.2) is 0 Å². The Kier molecular flexibility index (Phi) is 3.81. The van der Waals surface area contributed by atoms with E-state index in [-0.39, 0.29) is 5.97 Å². The molecule has 1 aromatic rings. The highest BCUT2D eigenvalue weighted by Crippen LogP contribution is 2.24. The first-order valence-electron chi connectivity index (χ1n) is 6.20. The molecule has 1 unspecified atom stereocenters. The van der Waals surface area contributed by atoms with Crippen LogP contribution in [0.2, 0.25) is 0 Å². The third-order valence-electron chi connectivity index (χ3n) is 3.42. The van der Waals surface area contributed by atoms with Gasteiger partial charge < -0.3 is 15.4 Å². The van der Waals surface area contributed by atoms with Crippen molar-refractivity contribution in [3.05, 3.63) is 23.4 Å². The summed E-state index contributed by atoms with van der Waals surface area (Å²) in [7, 11) is 1.38. The van der Waals surface area contributed by atoms with Crippen LogP contribution < -0.4 is 10.6 Å². The van der Waals surface area contributed by atoms with Gasteiger partial charge in [0.2, 0.25) is 0 Å². The highest BCUT2D eigenvalue weighted by molar-refractivity contribution is 5.90. The number of rotatable bonds is 3. The molecule has 2 rings (SSSR count). The fraction of sp³-hybridized carbons (Fsp3) is 0.538. The number of nitrogens with zero attached hydrogens (tertiary/aromatic N) is 2. The molecule has 1 aromatic heterocycles. The average Bonchev–Trinajstić information content (AvgIpc) is 2.86. The molecule has 0 aromatic carbocycles. The molecule has 2 heterocycles. The van der Waals surface area contributed by atoms with Crippen molar-refractivity contribution in [1.29, 1.82) is 0 Å². The minimum Gasteiger partial charge on any atom is -0.465 e. The summed E-state index contributed by atoms with van der Waals surface area (Å²) in [5, 5.41) is 0. The highest BCUT2D eigenvalue weighted by Gasteiger charge is 2.25. The van der Waals surface area contributed by atoms with E-state index >= 15 is 0 Å². The molecule has 1 aliphatic rings. The summed E-state index contributed by atoms with van der Waals surface area (Å²) in [5.74, 6) is 0.552. The smallest absolute Gasteiger partial charge is 0.339 e. The molecule has 0 spiro atoms.